The molecule has 1 amide bonds. The molecule has 8 heteroatoms. The molecule has 1 aromatic rings. The van der Waals surface area contributed by atoms with Crippen molar-refractivity contribution in [2.45, 2.75) is 30.4 Å². The van der Waals surface area contributed by atoms with Crippen LogP contribution in [0.25, 0.3) is 0 Å². The Balaban J connectivity index is 2.30. The van der Waals surface area contributed by atoms with Crippen molar-refractivity contribution in [2.75, 3.05) is 13.7 Å². The zero-order chi connectivity index (χ0) is 15.6. The van der Waals surface area contributed by atoms with Crippen molar-refractivity contribution in [1.82, 2.24) is 5.32 Å². The van der Waals surface area contributed by atoms with E-state index in [0.29, 0.717) is 13.0 Å². The first-order valence-electron chi connectivity index (χ1n) is 6.46. The number of carbonyl (C=O) groups excluding carboxylic acids is 1. The van der Waals surface area contributed by atoms with Crippen molar-refractivity contribution in [1.29, 1.82) is 0 Å². The standard InChI is InChI=1S/C13H18N2O5S/c1-8-11(5-6-20-8)15-13(16)10-7-9(21(14,17)18)3-4-12(10)19-2/h3-4,7-8,11H,5-6H2,1-2H3,(H,15,16)(H2,14,17,18). The first-order chi connectivity index (χ1) is 9.82. The molecule has 1 aliphatic rings. The highest BCUT2D eigenvalue weighted by molar-refractivity contribution is 7.89. The Morgan fingerprint density at radius 1 is 1.48 bits per heavy atom. The number of ether oxygens (including phenoxy) is 2. The number of nitrogens with two attached hydrogens (primary N) is 1. The number of hydrogen-bond acceptors (Lipinski definition) is 5. The monoisotopic (exact) mass is 314 g/mol. The number of benzene rings is 1. The molecular formula is C13H18N2O5S. The summed E-state index contributed by atoms with van der Waals surface area (Å²) in [7, 11) is -2.48. The largest absolute Gasteiger partial charge is 0.496 e. The van der Waals surface area contributed by atoms with Gasteiger partial charge in [0.25, 0.3) is 5.91 Å². The van der Waals surface area contributed by atoms with Gasteiger partial charge in [-0.1, -0.05) is 0 Å². The Morgan fingerprint density at radius 3 is 2.71 bits per heavy atom. The van der Waals surface area contributed by atoms with E-state index in [4.69, 9.17) is 14.6 Å². The van der Waals surface area contributed by atoms with Crippen LogP contribution < -0.4 is 15.2 Å². The fourth-order valence-electron chi connectivity index (χ4n) is 2.21. The number of hydrogen-bond donors (Lipinski definition) is 2. The van der Waals surface area contributed by atoms with E-state index < -0.39 is 15.9 Å². The summed E-state index contributed by atoms with van der Waals surface area (Å²) in [5.41, 5.74) is 0.128. The molecule has 116 valence electrons. The summed E-state index contributed by atoms with van der Waals surface area (Å²) in [5, 5.41) is 7.90. The van der Waals surface area contributed by atoms with Crippen LogP contribution in [-0.4, -0.2) is 40.2 Å². The van der Waals surface area contributed by atoms with Gasteiger partial charge in [0.15, 0.2) is 0 Å². The Bertz CT molecular complexity index is 644. The number of methoxy groups -OCH3 is 1. The van der Waals surface area contributed by atoms with Gasteiger partial charge in [0.1, 0.15) is 5.75 Å². The van der Waals surface area contributed by atoms with Crippen molar-refractivity contribution in [3.05, 3.63) is 23.8 Å². The highest BCUT2D eigenvalue weighted by Crippen LogP contribution is 2.23. The van der Waals surface area contributed by atoms with E-state index in [1.165, 1.54) is 25.3 Å². The maximum Gasteiger partial charge on any atom is 0.255 e. The molecule has 0 saturated carbocycles. The van der Waals surface area contributed by atoms with E-state index in [2.05, 4.69) is 5.32 Å². The number of nitrogens with one attached hydrogen (secondary N) is 1. The lowest BCUT2D eigenvalue weighted by atomic mass is 10.1. The summed E-state index contributed by atoms with van der Waals surface area (Å²) in [6.45, 7) is 2.45. The topological polar surface area (TPSA) is 108 Å². The quantitative estimate of drug-likeness (QED) is 0.828. The molecule has 0 aromatic heterocycles. The third kappa shape index (κ3) is 3.52. The molecular weight excluding hydrogens is 296 g/mol. The van der Waals surface area contributed by atoms with E-state index in [-0.39, 0.29) is 28.4 Å². The molecule has 3 N–H and O–H groups in total. The first kappa shape index (κ1) is 15.7. The number of rotatable bonds is 4. The van der Waals surface area contributed by atoms with Gasteiger partial charge < -0.3 is 14.8 Å². The molecule has 7 nitrogen and oxygen atoms in total. The minimum absolute atomic E-state index is 0.0821. The van der Waals surface area contributed by atoms with E-state index >= 15 is 0 Å². The normalized spacial score (nSPS) is 22.0. The molecule has 2 atom stereocenters. The van der Waals surface area contributed by atoms with Crippen LogP contribution in [0.4, 0.5) is 0 Å². The van der Waals surface area contributed by atoms with Crippen molar-refractivity contribution in [3.8, 4) is 5.75 Å². The predicted octanol–water partition coefficient (Wildman–Crippen LogP) is 0.250. The molecule has 1 aromatic carbocycles. The summed E-state index contributed by atoms with van der Waals surface area (Å²) < 4.78 is 33.3. The molecule has 0 bridgehead atoms. The molecule has 1 aliphatic heterocycles. The second-order valence-electron chi connectivity index (χ2n) is 4.85. The molecule has 1 saturated heterocycles. The zero-order valence-corrected chi connectivity index (χ0v) is 12.6. The van der Waals surface area contributed by atoms with Gasteiger partial charge in [0, 0.05) is 6.61 Å². The summed E-state index contributed by atoms with van der Waals surface area (Å²) in [4.78, 5) is 12.2. The van der Waals surface area contributed by atoms with Gasteiger partial charge in [-0.2, -0.15) is 0 Å². The number of amides is 1. The van der Waals surface area contributed by atoms with Crippen LogP contribution >= 0.6 is 0 Å². The van der Waals surface area contributed by atoms with E-state index in [1.807, 2.05) is 6.92 Å². The highest BCUT2D eigenvalue weighted by Gasteiger charge is 2.27. The second kappa shape index (κ2) is 6.00. The molecule has 1 fully saturated rings. The lowest BCUT2D eigenvalue weighted by Crippen LogP contribution is -2.39. The van der Waals surface area contributed by atoms with Crippen LogP contribution in [0.15, 0.2) is 23.1 Å². The first-order valence-corrected chi connectivity index (χ1v) is 8.01. The summed E-state index contributed by atoms with van der Waals surface area (Å²) in [6, 6.07) is 3.81. The Hall–Kier alpha value is -1.64. The van der Waals surface area contributed by atoms with Gasteiger partial charge >= 0.3 is 0 Å². The minimum Gasteiger partial charge on any atom is -0.496 e. The molecule has 2 unspecified atom stereocenters. The summed E-state index contributed by atoms with van der Waals surface area (Å²) in [6.07, 6.45) is 0.630. The number of primary sulfonamides is 1. The average molecular weight is 314 g/mol. The van der Waals surface area contributed by atoms with Gasteiger partial charge in [-0.05, 0) is 31.5 Å². The maximum atomic E-state index is 12.3. The number of sulfonamides is 1. The minimum atomic E-state index is -3.88. The third-order valence-corrected chi connectivity index (χ3v) is 4.35. The van der Waals surface area contributed by atoms with Gasteiger partial charge in [-0.3, -0.25) is 4.79 Å². The molecule has 21 heavy (non-hydrogen) atoms. The van der Waals surface area contributed by atoms with E-state index in [1.54, 1.807) is 0 Å². The Labute approximate surface area is 123 Å². The average Bonchev–Trinajstić information content (AvgIpc) is 2.82. The van der Waals surface area contributed by atoms with Crippen LogP contribution in [0.2, 0.25) is 0 Å². The maximum absolute atomic E-state index is 12.3. The van der Waals surface area contributed by atoms with Gasteiger partial charge in [-0.15, -0.1) is 0 Å². The third-order valence-electron chi connectivity index (χ3n) is 3.44. The molecule has 0 spiro atoms. The smallest absolute Gasteiger partial charge is 0.255 e. The van der Waals surface area contributed by atoms with Crippen molar-refractivity contribution in [2.24, 2.45) is 5.14 Å². The Morgan fingerprint density at radius 2 is 2.19 bits per heavy atom. The molecule has 1 heterocycles. The van der Waals surface area contributed by atoms with Crippen LogP contribution in [0.1, 0.15) is 23.7 Å². The van der Waals surface area contributed by atoms with Gasteiger partial charge in [0.2, 0.25) is 10.0 Å². The lowest BCUT2D eigenvalue weighted by Gasteiger charge is -2.17. The van der Waals surface area contributed by atoms with Crippen LogP contribution in [-0.2, 0) is 14.8 Å². The Kier molecular flexibility index (Phi) is 4.50. The van der Waals surface area contributed by atoms with Gasteiger partial charge in [0.05, 0.1) is 29.7 Å². The van der Waals surface area contributed by atoms with Gasteiger partial charge in [-0.25, -0.2) is 13.6 Å². The van der Waals surface area contributed by atoms with Crippen molar-refractivity contribution >= 4 is 15.9 Å². The highest BCUT2D eigenvalue weighted by atomic mass is 32.2. The van der Waals surface area contributed by atoms with E-state index in [0.717, 1.165) is 0 Å². The number of carbonyl (C=O) groups is 1. The predicted molar refractivity (Wildman–Crippen MR) is 75.7 cm³/mol. The fraction of sp³-hybridized carbons (Fsp3) is 0.462. The van der Waals surface area contributed by atoms with Crippen LogP contribution in [0.3, 0.4) is 0 Å². The van der Waals surface area contributed by atoms with Crippen molar-refractivity contribution in [3.63, 3.8) is 0 Å². The molecule has 0 radical (unpaired) electrons. The molecule has 0 aliphatic carbocycles. The fourth-order valence-corrected chi connectivity index (χ4v) is 2.75. The second-order valence-corrected chi connectivity index (χ2v) is 6.41. The SMILES string of the molecule is COc1ccc(S(N)(=O)=O)cc1C(=O)NC1CCOC1C. The van der Waals surface area contributed by atoms with Crippen LogP contribution in [0, 0.1) is 0 Å². The van der Waals surface area contributed by atoms with Crippen molar-refractivity contribution < 1.29 is 22.7 Å². The zero-order valence-electron chi connectivity index (χ0n) is 11.8. The summed E-state index contributed by atoms with van der Waals surface area (Å²) >= 11 is 0. The summed E-state index contributed by atoms with van der Waals surface area (Å²) in [5.74, 6) is -0.133. The van der Waals surface area contributed by atoms with E-state index in [9.17, 15) is 13.2 Å². The lowest BCUT2D eigenvalue weighted by molar-refractivity contribution is 0.0863. The molecule has 2 rings (SSSR count). The van der Waals surface area contributed by atoms with Crippen LogP contribution in [0.5, 0.6) is 5.75 Å².